The van der Waals surface area contributed by atoms with Gasteiger partial charge in [-0.15, -0.1) is 0 Å². The maximum Gasteiger partial charge on any atom is 0.312 e. The zero-order valence-corrected chi connectivity index (χ0v) is 16.1. The van der Waals surface area contributed by atoms with Crippen LogP contribution in [0.2, 0.25) is 0 Å². The molecule has 1 fully saturated rings. The number of carbonyl (C=O) groups excluding carboxylic acids is 1. The molecule has 9 heteroatoms. The Morgan fingerprint density at radius 1 is 1.33 bits per heavy atom. The van der Waals surface area contributed by atoms with E-state index in [1.807, 2.05) is 20.8 Å². The third-order valence-corrected chi connectivity index (χ3v) is 5.05. The lowest BCUT2D eigenvalue weighted by Crippen LogP contribution is -2.66. The molecule has 0 aliphatic carbocycles. The van der Waals surface area contributed by atoms with E-state index < -0.39 is 26.7 Å². The molecule has 8 nitrogen and oxygen atoms in total. The smallest absolute Gasteiger partial charge is 0.312 e. The van der Waals surface area contributed by atoms with Crippen molar-refractivity contribution < 1.29 is 19.9 Å². The third-order valence-electron chi connectivity index (χ3n) is 3.36. The van der Waals surface area contributed by atoms with Crippen molar-refractivity contribution in [1.29, 1.82) is 0 Å². The van der Waals surface area contributed by atoms with Gasteiger partial charge in [0.1, 0.15) is 5.54 Å². The minimum Gasteiger partial charge on any atom is -0.444 e. The highest BCUT2D eigenvalue weighted by Gasteiger charge is 2.45. The van der Waals surface area contributed by atoms with Gasteiger partial charge < -0.3 is 20.2 Å². The topological polar surface area (TPSA) is 115 Å². The Morgan fingerprint density at radius 3 is 2.29 bits per heavy atom. The first-order valence-corrected chi connectivity index (χ1v) is 8.93. The molecule has 5 N–H and O–H groups in total. The van der Waals surface area contributed by atoms with E-state index in [2.05, 4.69) is 15.5 Å². The van der Waals surface area contributed by atoms with Crippen LogP contribution in [-0.2, 0) is 25.3 Å². The van der Waals surface area contributed by atoms with Gasteiger partial charge in [0.25, 0.3) is 0 Å². The molecule has 1 heterocycles. The second-order valence-corrected chi connectivity index (χ2v) is 9.76. The average Bonchev–Trinajstić information content (AvgIpc) is 2.41. The van der Waals surface area contributed by atoms with Crippen molar-refractivity contribution in [3.05, 3.63) is 11.9 Å². The van der Waals surface area contributed by atoms with Gasteiger partial charge >= 0.3 is 5.97 Å². The molecule has 1 rings (SSSR count). The van der Waals surface area contributed by atoms with Crippen LogP contribution in [0.25, 0.3) is 0 Å². The predicted octanol–water partition coefficient (Wildman–Crippen LogP) is 0.494. The number of nitrogens with one attached hydrogen (secondary N) is 3. The van der Waals surface area contributed by atoms with Crippen LogP contribution in [0.4, 0.5) is 0 Å². The van der Waals surface area contributed by atoms with Crippen LogP contribution in [0.1, 0.15) is 43.0 Å². The van der Waals surface area contributed by atoms with Gasteiger partial charge in [0.05, 0.1) is 40.1 Å². The summed E-state index contributed by atoms with van der Waals surface area (Å²) in [6, 6.07) is 0. The molecular weight excluding hydrogens is 332 g/mol. The number of carbonyl (C=O) groups is 1. The zero-order valence-electron chi connectivity index (χ0n) is 15.3. The van der Waals surface area contributed by atoms with Gasteiger partial charge in [-0.25, -0.2) is 8.93 Å². The molecule has 1 aliphatic rings. The first kappa shape index (κ1) is 20.9. The predicted molar refractivity (Wildman–Crippen MR) is 95.7 cm³/mol. The fourth-order valence-electron chi connectivity index (χ4n) is 1.69. The molecule has 1 atom stereocenters. The van der Waals surface area contributed by atoms with E-state index in [1.54, 1.807) is 27.0 Å². The van der Waals surface area contributed by atoms with Crippen molar-refractivity contribution in [3.8, 4) is 0 Å². The standard InChI is InChI=1S/C15H30N4O4S.H2/c1-13(2,3)12(20)23-10-17-7-11(18-16)15(8-22-9-15)19-24(21)14(4,5)6;/h7,17-19H,8-10,16H2,1-6H3;1H/b11-7-;/t24-;/m0./s1. The number of rotatable bonds is 7. The van der Waals surface area contributed by atoms with Crippen LogP contribution in [0.5, 0.6) is 0 Å². The van der Waals surface area contributed by atoms with Crippen LogP contribution < -0.4 is 21.3 Å². The van der Waals surface area contributed by atoms with Crippen molar-refractivity contribution in [2.24, 2.45) is 11.3 Å². The summed E-state index contributed by atoms with van der Waals surface area (Å²) in [6.45, 7) is 11.7. The van der Waals surface area contributed by atoms with Crippen molar-refractivity contribution >= 4 is 17.0 Å². The summed E-state index contributed by atoms with van der Waals surface area (Å²) < 4.78 is 25.5. The molecule has 24 heavy (non-hydrogen) atoms. The highest BCUT2D eigenvalue weighted by atomic mass is 32.2. The lowest BCUT2D eigenvalue weighted by molar-refractivity contribution is -0.153. The highest BCUT2D eigenvalue weighted by molar-refractivity contribution is 7.84. The molecule has 0 aromatic rings. The monoisotopic (exact) mass is 364 g/mol. The first-order chi connectivity index (χ1) is 10.9. The summed E-state index contributed by atoms with van der Waals surface area (Å²) in [6.07, 6.45) is 1.60. The average molecular weight is 365 g/mol. The second kappa shape index (κ2) is 7.81. The summed E-state index contributed by atoms with van der Waals surface area (Å²) in [5.41, 5.74) is 1.96. The third kappa shape index (κ3) is 5.44. The van der Waals surface area contributed by atoms with Crippen LogP contribution in [0.15, 0.2) is 11.9 Å². The van der Waals surface area contributed by atoms with Gasteiger partial charge in [0.15, 0.2) is 6.73 Å². The Morgan fingerprint density at radius 2 is 1.92 bits per heavy atom. The molecule has 1 aliphatic heterocycles. The molecule has 0 aromatic carbocycles. The van der Waals surface area contributed by atoms with Gasteiger partial charge in [-0.2, -0.15) is 0 Å². The Bertz CT molecular complexity index is 511. The number of hydrogen-bond donors (Lipinski definition) is 4. The molecule has 0 unspecified atom stereocenters. The highest BCUT2D eigenvalue weighted by Crippen LogP contribution is 2.26. The summed E-state index contributed by atoms with van der Waals surface area (Å²) >= 11 is 0. The Kier molecular flexibility index (Phi) is 6.80. The van der Waals surface area contributed by atoms with E-state index in [9.17, 15) is 9.00 Å². The van der Waals surface area contributed by atoms with Crippen LogP contribution in [-0.4, -0.2) is 40.4 Å². The molecule has 0 spiro atoms. The van der Waals surface area contributed by atoms with Crippen molar-refractivity contribution in [2.45, 2.75) is 51.8 Å². The van der Waals surface area contributed by atoms with E-state index in [0.29, 0.717) is 18.9 Å². The fraction of sp³-hybridized carbons (Fsp3) is 0.800. The SMILES string of the molecule is CC(C)(C)C(=O)OCN/C=C(\NN)C1(N[S@@](=O)C(C)(C)C)COC1.[HH]. The van der Waals surface area contributed by atoms with E-state index in [4.69, 9.17) is 15.3 Å². The van der Waals surface area contributed by atoms with Crippen molar-refractivity contribution in [3.63, 3.8) is 0 Å². The first-order valence-electron chi connectivity index (χ1n) is 7.78. The maximum atomic E-state index is 12.4. The van der Waals surface area contributed by atoms with Gasteiger partial charge in [0.2, 0.25) is 0 Å². The summed E-state index contributed by atoms with van der Waals surface area (Å²) in [5, 5.41) is 2.88. The molecule has 0 saturated carbocycles. The fourth-order valence-corrected chi connectivity index (χ4v) is 2.58. The zero-order chi connectivity index (χ0) is 18.6. The number of ether oxygens (including phenoxy) is 2. The Hall–Kier alpha value is -1.16. The largest absolute Gasteiger partial charge is 0.444 e. The number of hydrazine groups is 1. The number of nitrogens with two attached hydrogens (primary N) is 1. The molecule has 1 saturated heterocycles. The lowest BCUT2D eigenvalue weighted by atomic mass is 9.95. The normalized spacial score (nSPS) is 19.2. The van der Waals surface area contributed by atoms with E-state index >= 15 is 0 Å². The minimum atomic E-state index is -1.28. The molecule has 0 aromatic heterocycles. The van der Waals surface area contributed by atoms with Crippen molar-refractivity contribution in [2.75, 3.05) is 19.9 Å². The molecule has 0 radical (unpaired) electrons. The van der Waals surface area contributed by atoms with Gasteiger partial charge in [-0.3, -0.25) is 10.6 Å². The Balaban J connectivity index is 0.00000576. The van der Waals surface area contributed by atoms with Gasteiger partial charge in [0, 0.05) is 7.63 Å². The number of esters is 1. The molecule has 0 amide bonds. The maximum absolute atomic E-state index is 12.4. The van der Waals surface area contributed by atoms with Gasteiger partial charge in [-0.05, 0) is 41.5 Å². The van der Waals surface area contributed by atoms with Crippen LogP contribution in [0.3, 0.4) is 0 Å². The van der Waals surface area contributed by atoms with Crippen LogP contribution in [0, 0.1) is 5.41 Å². The summed E-state index contributed by atoms with van der Waals surface area (Å²) in [5.74, 6) is 5.30. The summed E-state index contributed by atoms with van der Waals surface area (Å²) in [7, 11) is -1.28. The molecule has 142 valence electrons. The lowest BCUT2D eigenvalue weighted by Gasteiger charge is -2.44. The molecular formula is C15H32N4O4S. The Labute approximate surface area is 147 Å². The van der Waals surface area contributed by atoms with Crippen molar-refractivity contribution in [1.82, 2.24) is 15.5 Å². The van der Waals surface area contributed by atoms with Gasteiger partial charge in [-0.1, -0.05) is 0 Å². The molecule has 0 bridgehead atoms. The second-order valence-electron chi connectivity index (χ2n) is 7.79. The minimum absolute atomic E-state index is 0. The van der Waals surface area contributed by atoms with Crippen LogP contribution >= 0.6 is 0 Å². The van der Waals surface area contributed by atoms with E-state index in [-0.39, 0.29) is 14.1 Å². The quantitative estimate of drug-likeness (QED) is 0.171. The van der Waals surface area contributed by atoms with E-state index in [1.165, 1.54) is 0 Å². The number of hydrogen-bond acceptors (Lipinski definition) is 7. The van der Waals surface area contributed by atoms with E-state index in [0.717, 1.165) is 0 Å². The summed E-state index contributed by atoms with van der Waals surface area (Å²) in [4.78, 5) is 11.7.